The molecular formula is C16H35N3. The summed E-state index contributed by atoms with van der Waals surface area (Å²) in [6.07, 6.45) is 2.76. The predicted molar refractivity (Wildman–Crippen MR) is 84.7 cm³/mol. The van der Waals surface area contributed by atoms with Crippen LogP contribution in [0.1, 0.15) is 47.5 Å². The predicted octanol–water partition coefficient (Wildman–Crippen LogP) is 2.43. The molecule has 3 heteroatoms. The lowest BCUT2D eigenvalue weighted by molar-refractivity contribution is 0.152. The molecule has 0 aromatic heterocycles. The van der Waals surface area contributed by atoms with Crippen molar-refractivity contribution in [2.75, 3.05) is 39.8 Å². The SMILES string of the molecule is CCN1CCCC1CN(C)CC(C)(C)CNC(C)C. The van der Waals surface area contributed by atoms with Crippen LogP contribution < -0.4 is 5.32 Å². The molecule has 0 spiro atoms. The lowest BCUT2D eigenvalue weighted by atomic mass is 9.92. The molecule has 0 bridgehead atoms. The van der Waals surface area contributed by atoms with Gasteiger partial charge in [-0.3, -0.25) is 4.90 Å². The zero-order valence-electron chi connectivity index (χ0n) is 14.0. The molecule has 1 saturated heterocycles. The van der Waals surface area contributed by atoms with Crippen LogP contribution >= 0.6 is 0 Å². The van der Waals surface area contributed by atoms with Crippen molar-refractivity contribution in [3.8, 4) is 0 Å². The highest BCUT2D eigenvalue weighted by Crippen LogP contribution is 2.20. The van der Waals surface area contributed by atoms with Crippen LogP contribution in [0.5, 0.6) is 0 Å². The van der Waals surface area contributed by atoms with Gasteiger partial charge in [-0.2, -0.15) is 0 Å². The normalized spacial score (nSPS) is 21.8. The maximum atomic E-state index is 3.57. The van der Waals surface area contributed by atoms with Gasteiger partial charge >= 0.3 is 0 Å². The first-order chi connectivity index (χ1) is 8.84. The third-order valence-electron chi connectivity index (χ3n) is 4.11. The summed E-state index contributed by atoms with van der Waals surface area (Å²) < 4.78 is 0. The standard InChI is InChI=1S/C16H35N3/c1-7-19-10-8-9-15(19)11-18(6)13-16(4,5)12-17-14(2)3/h14-15,17H,7-13H2,1-6H3. The van der Waals surface area contributed by atoms with Gasteiger partial charge in [0.05, 0.1) is 0 Å². The highest BCUT2D eigenvalue weighted by Gasteiger charge is 2.26. The van der Waals surface area contributed by atoms with Crippen LogP contribution in [0, 0.1) is 5.41 Å². The molecule has 3 nitrogen and oxygen atoms in total. The molecule has 1 N–H and O–H groups in total. The van der Waals surface area contributed by atoms with Crippen LogP contribution in [0.2, 0.25) is 0 Å². The van der Waals surface area contributed by atoms with E-state index in [2.05, 4.69) is 56.8 Å². The molecule has 1 aliphatic rings. The van der Waals surface area contributed by atoms with E-state index in [0.717, 1.165) is 12.6 Å². The van der Waals surface area contributed by atoms with Crippen molar-refractivity contribution in [2.24, 2.45) is 5.41 Å². The van der Waals surface area contributed by atoms with Crippen LogP contribution in [0.15, 0.2) is 0 Å². The maximum absolute atomic E-state index is 3.57. The summed E-state index contributed by atoms with van der Waals surface area (Å²) in [7, 11) is 2.28. The second-order valence-corrected chi connectivity index (χ2v) is 7.32. The van der Waals surface area contributed by atoms with Gasteiger partial charge in [0, 0.05) is 31.7 Å². The first-order valence-corrected chi connectivity index (χ1v) is 8.00. The monoisotopic (exact) mass is 269 g/mol. The van der Waals surface area contributed by atoms with Crippen LogP contribution in [-0.2, 0) is 0 Å². The summed E-state index contributed by atoms with van der Waals surface area (Å²) in [6, 6.07) is 1.36. The lowest BCUT2D eigenvalue weighted by Gasteiger charge is -2.34. The zero-order chi connectivity index (χ0) is 14.5. The number of likely N-dealkylation sites (tertiary alicyclic amines) is 1. The Hall–Kier alpha value is -0.120. The molecule has 0 saturated carbocycles. The Balaban J connectivity index is 2.34. The molecule has 0 amide bonds. The van der Waals surface area contributed by atoms with Crippen LogP contribution in [0.3, 0.4) is 0 Å². The van der Waals surface area contributed by atoms with Gasteiger partial charge in [-0.1, -0.05) is 34.6 Å². The minimum absolute atomic E-state index is 0.342. The summed E-state index contributed by atoms with van der Waals surface area (Å²) in [5, 5.41) is 3.57. The van der Waals surface area contributed by atoms with Crippen LogP contribution in [-0.4, -0.2) is 61.7 Å². The first kappa shape index (κ1) is 16.9. The van der Waals surface area contributed by atoms with Gasteiger partial charge in [0.1, 0.15) is 0 Å². The van der Waals surface area contributed by atoms with Crippen molar-refractivity contribution in [3.05, 3.63) is 0 Å². The second kappa shape index (κ2) is 7.61. The Morgan fingerprint density at radius 3 is 2.63 bits per heavy atom. The van der Waals surface area contributed by atoms with E-state index >= 15 is 0 Å². The highest BCUT2D eigenvalue weighted by atomic mass is 15.2. The van der Waals surface area contributed by atoms with Gasteiger partial charge in [0.25, 0.3) is 0 Å². The largest absolute Gasteiger partial charge is 0.314 e. The van der Waals surface area contributed by atoms with E-state index in [9.17, 15) is 0 Å². The van der Waals surface area contributed by atoms with E-state index in [-0.39, 0.29) is 0 Å². The number of likely N-dealkylation sites (N-methyl/N-ethyl adjacent to an activating group) is 2. The fraction of sp³-hybridized carbons (Fsp3) is 1.00. The van der Waals surface area contributed by atoms with Crippen molar-refractivity contribution < 1.29 is 0 Å². The van der Waals surface area contributed by atoms with Gasteiger partial charge in [-0.25, -0.2) is 0 Å². The van der Waals surface area contributed by atoms with E-state index in [4.69, 9.17) is 0 Å². The number of hydrogen-bond donors (Lipinski definition) is 1. The number of rotatable bonds is 8. The molecule has 1 unspecified atom stereocenters. The molecule has 0 aromatic carbocycles. The summed E-state index contributed by atoms with van der Waals surface area (Å²) in [5.41, 5.74) is 0.342. The molecular weight excluding hydrogens is 234 g/mol. The molecule has 1 aliphatic heterocycles. The minimum atomic E-state index is 0.342. The number of nitrogens with zero attached hydrogens (tertiary/aromatic N) is 2. The Morgan fingerprint density at radius 2 is 2.05 bits per heavy atom. The molecule has 0 aliphatic carbocycles. The summed E-state index contributed by atoms with van der Waals surface area (Å²) >= 11 is 0. The fourth-order valence-electron chi connectivity index (χ4n) is 3.21. The highest BCUT2D eigenvalue weighted by molar-refractivity contribution is 4.83. The van der Waals surface area contributed by atoms with E-state index in [1.807, 2.05) is 0 Å². The van der Waals surface area contributed by atoms with Crippen molar-refractivity contribution in [3.63, 3.8) is 0 Å². The first-order valence-electron chi connectivity index (χ1n) is 8.00. The molecule has 19 heavy (non-hydrogen) atoms. The molecule has 1 heterocycles. The van der Waals surface area contributed by atoms with Crippen molar-refractivity contribution in [2.45, 2.75) is 59.5 Å². The molecule has 1 rings (SSSR count). The average Bonchev–Trinajstić information content (AvgIpc) is 2.73. The topological polar surface area (TPSA) is 18.5 Å². The summed E-state index contributed by atoms with van der Waals surface area (Å²) in [6.45, 7) is 17.4. The molecule has 1 atom stereocenters. The number of hydrogen-bond acceptors (Lipinski definition) is 3. The third kappa shape index (κ3) is 6.24. The minimum Gasteiger partial charge on any atom is -0.314 e. The van der Waals surface area contributed by atoms with Gasteiger partial charge in [0.15, 0.2) is 0 Å². The van der Waals surface area contributed by atoms with Gasteiger partial charge in [-0.15, -0.1) is 0 Å². The molecule has 114 valence electrons. The maximum Gasteiger partial charge on any atom is 0.0223 e. The summed E-state index contributed by atoms with van der Waals surface area (Å²) in [4.78, 5) is 5.16. The van der Waals surface area contributed by atoms with E-state index in [0.29, 0.717) is 11.5 Å². The van der Waals surface area contributed by atoms with Crippen molar-refractivity contribution >= 4 is 0 Å². The third-order valence-corrected chi connectivity index (χ3v) is 4.11. The molecule has 0 aromatic rings. The van der Waals surface area contributed by atoms with Crippen molar-refractivity contribution in [1.29, 1.82) is 0 Å². The summed E-state index contributed by atoms with van der Waals surface area (Å²) in [5.74, 6) is 0. The van der Waals surface area contributed by atoms with E-state index in [1.165, 1.54) is 39.0 Å². The molecule has 1 fully saturated rings. The Kier molecular flexibility index (Phi) is 6.78. The Bertz CT molecular complexity index is 250. The van der Waals surface area contributed by atoms with Crippen LogP contribution in [0.4, 0.5) is 0 Å². The van der Waals surface area contributed by atoms with E-state index in [1.54, 1.807) is 0 Å². The second-order valence-electron chi connectivity index (χ2n) is 7.32. The van der Waals surface area contributed by atoms with Crippen LogP contribution in [0.25, 0.3) is 0 Å². The van der Waals surface area contributed by atoms with Gasteiger partial charge in [0.2, 0.25) is 0 Å². The van der Waals surface area contributed by atoms with E-state index < -0.39 is 0 Å². The molecule has 0 radical (unpaired) electrons. The fourth-order valence-corrected chi connectivity index (χ4v) is 3.21. The van der Waals surface area contributed by atoms with Gasteiger partial charge in [-0.05, 0) is 38.4 Å². The Labute approximate surface area is 120 Å². The quantitative estimate of drug-likeness (QED) is 0.730. The average molecular weight is 269 g/mol. The zero-order valence-corrected chi connectivity index (χ0v) is 14.0. The smallest absolute Gasteiger partial charge is 0.0223 e. The van der Waals surface area contributed by atoms with Crippen molar-refractivity contribution in [1.82, 2.24) is 15.1 Å². The lowest BCUT2D eigenvalue weighted by Crippen LogP contribution is -2.45. The Morgan fingerprint density at radius 1 is 1.37 bits per heavy atom. The number of nitrogens with one attached hydrogen (secondary N) is 1. The van der Waals surface area contributed by atoms with Gasteiger partial charge < -0.3 is 10.2 Å².